The molecule has 1 amide bonds. The summed E-state index contributed by atoms with van der Waals surface area (Å²) in [4.78, 5) is 31.0. The average molecular weight is 458 g/mol. The Bertz CT molecular complexity index is 1420. The molecule has 0 aliphatic rings. The molecule has 4 rings (SSSR count). The molecule has 0 atom stereocenters. The third kappa shape index (κ3) is 4.71. The molecule has 0 saturated heterocycles. The van der Waals surface area contributed by atoms with Crippen LogP contribution < -0.4 is 10.9 Å². The SMILES string of the molecule is Cc1cc(C)c(NC(=O)CSc2nc3ccccc3c(=O)n2-c2ccc(C)c(C)c2)c(C)c1. The standard InChI is InChI=1S/C27H27N3O2S/c1-16-12-19(4)25(20(5)13-16)29-24(31)15-33-27-28-23-9-7-6-8-22(23)26(32)30(27)21-11-10-17(2)18(3)14-21/h6-14H,15H2,1-5H3,(H,29,31). The van der Waals surface area contributed by atoms with E-state index in [4.69, 9.17) is 4.98 Å². The fourth-order valence-corrected chi connectivity index (χ4v) is 4.80. The van der Waals surface area contributed by atoms with Gasteiger partial charge in [0, 0.05) is 5.69 Å². The molecule has 0 aliphatic heterocycles. The van der Waals surface area contributed by atoms with Crippen molar-refractivity contribution >= 4 is 34.3 Å². The second kappa shape index (κ2) is 9.24. The van der Waals surface area contributed by atoms with Crippen LogP contribution in [-0.4, -0.2) is 21.2 Å². The van der Waals surface area contributed by atoms with Crippen LogP contribution in [0.4, 0.5) is 5.69 Å². The van der Waals surface area contributed by atoms with Crippen LogP contribution in [0.25, 0.3) is 16.6 Å². The molecule has 33 heavy (non-hydrogen) atoms. The van der Waals surface area contributed by atoms with Crippen LogP contribution in [0.5, 0.6) is 0 Å². The molecule has 6 heteroatoms. The maximum atomic E-state index is 13.4. The van der Waals surface area contributed by atoms with Crippen LogP contribution in [0.15, 0.2) is 64.5 Å². The van der Waals surface area contributed by atoms with Gasteiger partial charge in [0.2, 0.25) is 5.91 Å². The fraction of sp³-hybridized carbons (Fsp3) is 0.222. The second-order valence-electron chi connectivity index (χ2n) is 8.43. The summed E-state index contributed by atoms with van der Waals surface area (Å²) in [5.41, 5.74) is 7.52. The van der Waals surface area contributed by atoms with Crippen LogP contribution in [-0.2, 0) is 4.79 Å². The van der Waals surface area contributed by atoms with Gasteiger partial charge in [-0.15, -0.1) is 0 Å². The van der Waals surface area contributed by atoms with E-state index in [9.17, 15) is 9.59 Å². The van der Waals surface area contributed by atoms with Crippen molar-refractivity contribution in [2.75, 3.05) is 11.1 Å². The van der Waals surface area contributed by atoms with Gasteiger partial charge in [-0.25, -0.2) is 4.98 Å². The predicted molar refractivity (Wildman–Crippen MR) is 137 cm³/mol. The molecule has 0 fully saturated rings. The molecule has 3 aromatic carbocycles. The maximum Gasteiger partial charge on any atom is 0.266 e. The highest BCUT2D eigenvalue weighted by atomic mass is 32.2. The number of nitrogens with zero attached hydrogens (tertiary/aromatic N) is 2. The van der Waals surface area contributed by atoms with E-state index in [1.807, 2.05) is 71.0 Å². The zero-order valence-electron chi connectivity index (χ0n) is 19.5. The molecule has 0 unspecified atom stereocenters. The Balaban J connectivity index is 1.69. The second-order valence-corrected chi connectivity index (χ2v) is 9.37. The summed E-state index contributed by atoms with van der Waals surface area (Å²) in [5, 5.41) is 4.07. The Labute approximate surface area is 197 Å². The zero-order chi connectivity index (χ0) is 23.7. The number of carbonyl (C=O) groups excluding carboxylic acids is 1. The van der Waals surface area contributed by atoms with Crippen LogP contribution >= 0.6 is 11.8 Å². The van der Waals surface area contributed by atoms with E-state index in [0.29, 0.717) is 16.1 Å². The number of aromatic nitrogens is 2. The monoisotopic (exact) mass is 457 g/mol. The minimum absolute atomic E-state index is 0.135. The molecule has 5 nitrogen and oxygen atoms in total. The van der Waals surface area contributed by atoms with Gasteiger partial charge in [-0.3, -0.25) is 14.2 Å². The first-order chi connectivity index (χ1) is 15.7. The summed E-state index contributed by atoms with van der Waals surface area (Å²) in [6, 6.07) is 17.3. The van der Waals surface area contributed by atoms with Crippen molar-refractivity contribution in [2.45, 2.75) is 39.8 Å². The number of benzene rings is 3. The molecule has 4 aromatic rings. The normalized spacial score (nSPS) is 11.1. The van der Waals surface area contributed by atoms with Crippen molar-refractivity contribution in [3.05, 3.63) is 92.8 Å². The van der Waals surface area contributed by atoms with Gasteiger partial charge in [-0.05, 0) is 81.1 Å². The number of rotatable bonds is 5. The van der Waals surface area contributed by atoms with E-state index >= 15 is 0 Å². The highest BCUT2D eigenvalue weighted by Gasteiger charge is 2.16. The highest BCUT2D eigenvalue weighted by molar-refractivity contribution is 7.99. The summed E-state index contributed by atoms with van der Waals surface area (Å²) in [7, 11) is 0. The number of thioether (sulfide) groups is 1. The molecule has 0 radical (unpaired) electrons. The number of carbonyl (C=O) groups is 1. The number of aryl methyl sites for hydroxylation is 5. The van der Waals surface area contributed by atoms with E-state index in [1.54, 1.807) is 10.6 Å². The van der Waals surface area contributed by atoms with Gasteiger partial charge in [0.05, 0.1) is 22.3 Å². The van der Waals surface area contributed by atoms with Crippen molar-refractivity contribution in [1.29, 1.82) is 0 Å². The summed E-state index contributed by atoms with van der Waals surface area (Å²) in [6.07, 6.45) is 0. The first-order valence-corrected chi connectivity index (χ1v) is 11.8. The third-order valence-corrected chi connectivity index (χ3v) is 6.71. The molecule has 1 heterocycles. The van der Waals surface area contributed by atoms with Crippen molar-refractivity contribution in [3.63, 3.8) is 0 Å². The first-order valence-electron chi connectivity index (χ1n) is 10.8. The molecule has 1 N–H and O–H groups in total. The summed E-state index contributed by atoms with van der Waals surface area (Å²) < 4.78 is 1.61. The lowest BCUT2D eigenvalue weighted by Gasteiger charge is -2.15. The van der Waals surface area contributed by atoms with Gasteiger partial charge < -0.3 is 5.32 Å². The summed E-state index contributed by atoms with van der Waals surface area (Å²) in [5.74, 6) is 0.00616. The molecule has 0 aliphatic carbocycles. The first kappa shape index (κ1) is 22.8. The topological polar surface area (TPSA) is 64.0 Å². The van der Waals surface area contributed by atoms with Gasteiger partial charge in [0.1, 0.15) is 0 Å². The summed E-state index contributed by atoms with van der Waals surface area (Å²) >= 11 is 1.26. The fourth-order valence-electron chi connectivity index (χ4n) is 3.98. The van der Waals surface area contributed by atoms with Crippen molar-refractivity contribution in [2.24, 2.45) is 0 Å². The molecule has 0 spiro atoms. The maximum absolute atomic E-state index is 13.4. The predicted octanol–water partition coefficient (Wildman–Crippen LogP) is 5.66. The lowest BCUT2D eigenvalue weighted by Crippen LogP contribution is -2.23. The van der Waals surface area contributed by atoms with E-state index in [0.717, 1.165) is 39.2 Å². The van der Waals surface area contributed by atoms with Gasteiger partial charge >= 0.3 is 0 Å². The van der Waals surface area contributed by atoms with Gasteiger partial charge in [-0.2, -0.15) is 0 Å². The van der Waals surface area contributed by atoms with Crippen LogP contribution in [0.3, 0.4) is 0 Å². The minimum atomic E-state index is -0.142. The van der Waals surface area contributed by atoms with Crippen LogP contribution in [0, 0.1) is 34.6 Å². The Morgan fingerprint density at radius 2 is 1.61 bits per heavy atom. The van der Waals surface area contributed by atoms with Crippen molar-refractivity contribution in [3.8, 4) is 5.69 Å². The Kier molecular flexibility index (Phi) is 6.38. The quantitative estimate of drug-likeness (QED) is 0.310. The number of hydrogen-bond donors (Lipinski definition) is 1. The number of para-hydroxylation sites is 1. The zero-order valence-corrected chi connectivity index (χ0v) is 20.3. The lowest BCUT2D eigenvalue weighted by molar-refractivity contribution is -0.113. The largest absolute Gasteiger partial charge is 0.325 e. The molecule has 0 saturated carbocycles. The van der Waals surface area contributed by atoms with Gasteiger partial charge in [-0.1, -0.05) is 47.7 Å². The van der Waals surface area contributed by atoms with Crippen LogP contribution in [0.2, 0.25) is 0 Å². The van der Waals surface area contributed by atoms with Gasteiger partial charge in [0.15, 0.2) is 5.16 Å². The Morgan fingerprint density at radius 3 is 2.30 bits per heavy atom. The van der Waals surface area contributed by atoms with E-state index < -0.39 is 0 Å². The van der Waals surface area contributed by atoms with E-state index in [-0.39, 0.29) is 17.2 Å². The number of fused-ring (bicyclic) bond motifs is 1. The number of nitrogens with one attached hydrogen (secondary N) is 1. The minimum Gasteiger partial charge on any atom is -0.325 e. The van der Waals surface area contributed by atoms with E-state index in [1.165, 1.54) is 11.8 Å². The number of amides is 1. The highest BCUT2D eigenvalue weighted by Crippen LogP contribution is 2.25. The smallest absolute Gasteiger partial charge is 0.266 e. The molecular formula is C27H27N3O2S. The molecule has 168 valence electrons. The van der Waals surface area contributed by atoms with Gasteiger partial charge in [0.25, 0.3) is 5.56 Å². The molecule has 1 aromatic heterocycles. The van der Waals surface area contributed by atoms with Crippen molar-refractivity contribution in [1.82, 2.24) is 9.55 Å². The average Bonchev–Trinajstić information content (AvgIpc) is 2.77. The van der Waals surface area contributed by atoms with Crippen molar-refractivity contribution < 1.29 is 4.79 Å². The number of hydrogen-bond acceptors (Lipinski definition) is 4. The lowest BCUT2D eigenvalue weighted by atomic mass is 10.1. The van der Waals surface area contributed by atoms with Crippen LogP contribution in [0.1, 0.15) is 27.8 Å². The Hall–Kier alpha value is -3.38. The Morgan fingerprint density at radius 1 is 0.909 bits per heavy atom. The number of anilines is 1. The third-order valence-electron chi connectivity index (χ3n) is 5.77. The van der Waals surface area contributed by atoms with E-state index in [2.05, 4.69) is 17.4 Å². The molecular weight excluding hydrogens is 430 g/mol. The summed E-state index contributed by atoms with van der Waals surface area (Å²) in [6.45, 7) is 10.1. The molecule has 0 bridgehead atoms.